The minimum absolute atomic E-state index is 0.445. The van der Waals surface area contributed by atoms with Crippen LogP contribution >= 0.6 is 0 Å². The van der Waals surface area contributed by atoms with Crippen molar-refractivity contribution in [2.75, 3.05) is 6.61 Å². The molecule has 2 saturated carbocycles. The minimum Gasteiger partial charge on any atom is -0.378 e. The Kier molecular flexibility index (Phi) is 8.81. The second-order valence-corrected chi connectivity index (χ2v) is 7.89. The second-order valence-electron chi connectivity index (χ2n) is 7.89. The first-order valence-corrected chi connectivity index (χ1v) is 10.1. The monoisotopic (exact) mass is 335 g/mol. The molecule has 0 atom stereocenters. The normalized spacial score (nSPS) is 31.6. The summed E-state index contributed by atoms with van der Waals surface area (Å²) in [5, 5.41) is 8.40. The number of ether oxygens (including phenoxy) is 1. The molecule has 0 aromatic heterocycles. The number of nitrogens with zero attached hydrogens (tertiary/aromatic N) is 1. The van der Waals surface area contributed by atoms with Gasteiger partial charge >= 0.3 is 0 Å². The summed E-state index contributed by atoms with van der Waals surface area (Å²) < 4.78 is 19.0. The van der Waals surface area contributed by atoms with Gasteiger partial charge in [0.25, 0.3) is 0 Å². The van der Waals surface area contributed by atoms with E-state index in [0.717, 1.165) is 37.7 Å². The van der Waals surface area contributed by atoms with Crippen LogP contribution < -0.4 is 0 Å². The van der Waals surface area contributed by atoms with Crippen molar-refractivity contribution in [3.63, 3.8) is 0 Å². The highest BCUT2D eigenvalue weighted by Crippen LogP contribution is 2.33. The Morgan fingerprint density at radius 1 is 1.00 bits per heavy atom. The third kappa shape index (κ3) is 6.93. The van der Waals surface area contributed by atoms with Crippen LogP contribution in [0, 0.1) is 29.1 Å². The van der Waals surface area contributed by atoms with Crippen LogP contribution in [0.5, 0.6) is 0 Å². The fourth-order valence-corrected chi connectivity index (χ4v) is 4.45. The molecule has 2 aliphatic carbocycles. The maximum Gasteiger partial charge on any atom is 0.196 e. The van der Waals surface area contributed by atoms with E-state index in [1.807, 2.05) is 0 Å². The van der Waals surface area contributed by atoms with E-state index in [1.165, 1.54) is 57.4 Å². The third-order valence-corrected chi connectivity index (χ3v) is 6.03. The smallest absolute Gasteiger partial charge is 0.196 e. The first-order valence-electron chi connectivity index (χ1n) is 10.1. The van der Waals surface area contributed by atoms with Crippen molar-refractivity contribution in [1.29, 1.82) is 5.26 Å². The molecule has 0 unspecified atom stereocenters. The Bertz CT molecular complexity index is 412. The molecule has 0 heterocycles. The van der Waals surface area contributed by atoms with Crippen molar-refractivity contribution in [1.82, 2.24) is 0 Å². The SMILES string of the molecule is CCCC1CCC(COC2CCC(CCC=C(F)C#N)CC2)CC1. The summed E-state index contributed by atoms with van der Waals surface area (Å²) in [6.45, 7) is 3.26. The lowest BCUT2D eigenvalue weighted by Gasteiger charge is -2.32. The van der Waals surface area contributed by atoms with Crippen LogP contribution in [0.25, 0.3) is 0 Å². The van der Waals surface area contributed by atoms with Gasteiger partial charge in [-0.05, 0) is 75.2 Å². The molecule has 0 radical (unpaired) electrons. The van der Waals surface area contributed by atoms with Crippen molar-refractivity contribution in [3.8, 4) is 6.07 Å². The summed E-state index contributed by atoms with van der Waals surface area (Å²) in [5.74, 6) is 1.80. The Hall–Kier alpha value is -0.880. The summed E-state index contributed by atoms with van der Waals surface area (Å²) >= 11 is 0. The molecular weight excluding hydrogens is 301 g/mol. The molecule has 2 aliphatic rings. The van der Waals surface area contributed by atoms with Gasteiger partial charge in [-0.2, -0.15) is 9.65 Å². The van der Waals surface area contributed by atoms with Crippen LogP contribution in [-0.4, -0.2) is 12.7 Å². The summed E-state index contributed by atoms with van der Waals surface area (Å²) in [4.78, 5) is 0. The first kappa shape index (κ1) is 19.4. The molecule has 0 aromatic rings. The minimum atomic E-state index is -0.638. The van der Waals surface area contributed by atoms with E-state index < -0.39 is 5.83 Å². The predicted molar refractivity (Wildman–Crippen MR) is 96.1 cm³/mol. The zero-order chi connectivity index (χ0) is 17.2. The Morgan fingerprint density at radius 2 is 1.58 bits per heavy atom. The molecule has 24 heavy (non-hydrogen) atoms. The fraction of sp³-hybridized carbons (Fsp3) is 0.857. The van der Waals surface area contributed by atoms with Gasteiger partial charge in [0.05, 0.1) is 6.10 Å². The van der Waals surface area contributed by atoms with Gasteiger partial charge in [0.2, 0.25) is 0 Å². The fourth-order valence-electron chi connectivity index (χ4n) is 4.45. The zero-order valence-electron chi connectivity index (χ0n) is 15.3. The molecule has 0 bridgehead atoms. The second kappa shape index (κ2) is 10.9. The van der Waals surface area contributed by atoms with E-state index in [1.54, 1.807) is 6.07 Å². The van der Waals surface area contributed by atoms with Crippen molar-refractivity contribution >= 4 is 0 Å². The lowest BCUT2D eigenvalue weighted by molar-refractivity contribution is -0.0101. The van der Waals surface area contributed by atoms with Crippen LogP contribution in [0.15, 0.2) is 11.9 Å². The highest BCUT2D eigenvalue weighted by molar-refractivity contribution is 5.11. The average molecular weight is 336 g/mol. The van der Waals surface area contributed by atoms with Gasteiger partial charge < -0.3 is 4.74 Å². The molecule has 2 nitrogen and oxygen atoms in total. The highest BCUT2D eigenvalue weighted by atomic mass is 19.1. The molecule has 3 heteroatoms. The van der Waals surface area contributed by atoms with Crippen molar-refractivity contribution in [2.45, 2.75) is 90.1 Å². The largest absolute Gasteiger partial charge is 0.378 e. The van der Waals surface area contributed by atoms with Gasteiger partial charge in [-0.15, -0.1) is 0 Å². The molecule has 0 N–H and O–H groups in total. The molecular formula is C21H34FNO. The molecule has 2 rings (SSSR count). The van der Waals surface area contributed by atoms with Gasteiger partial charge in [-0.25, -0.2) is 0 Å². The maximum absolute atomic E-state index is 12.8. The maximum atomic E-state index is 12.8. The van der Waals surface area contributed by atoms with Crippen LogP contribution in [-0.2, 0) is 4.74 Å². The quantitative estimate of drug-likeness (QED) is 0.486. The number of halogens is 1. The van der Waals surface area contributed by atoms with E-state index in [4.69, 9.17) is 10.00 Å². The number of allylic oxidation sites excluding steroid dienone is 2. The molecule has 0 amide bonds. The van der Waals surface area contributed by atoms with Crippen molar-refractivity contribution in [2.24, 2.45) is 17.8 Å². The van der Waals surface area contributed by atoms with E-state index in [2.05, 4.69) is 6.92 Å². The Balaban J connectivity index is 1.55. The lowest BCUT2D eigenvalue weighted by atomic mass is 9.80. The Labute approximate surface area is 147 Å². The van der Waals surface area contributed by atoms with Gasteiger partial charge in [0.15, 0.2) is 5.83 Å². The number of rotatable bonds is 8. The van der Waals surface area contributed by atoms with Crippen LogP contribution in [0.2, 0.25) is 0 Å². The van der Waals surface area contributed by atoms with Crippen molar-refractivity contribution < 1.29 is 9.13 Å². The predicted octanol–water partition coefficient (Wildman–Crippen LogP) is 6.33. The first-order chi connectivity index (χ1) is 11.7. The molecule has 2 fully saturated rings. The highest BCUT2D eigenvalue weighted by Gasteiger charge is 2.24. The summed E-state index contributed by atoms with van der Waals surface area (Å²) in [5.41, 5.74) is 0. The van der Waals surface area contributed by atoms with Crippen LogP contribution in [0.4, 0.5) is 4.39 Å². The summed E-state index contributed by atoms with van der Waals surface area (Å²) in [6.07, 6.45) is 16.5. The molecule has 136 valence electrons. The number of nitriles is 1. The molecule has 0 aromatic carbocycles. The zero-order valence-corrected chi connectivity index (χ0v) is 15.3. The van der Waals surface area contributed by atoms with Gasteiger partial charge in [-0.3, -0.25) is 0 Å². The van der Waals surface area contributed by atoms with E-state index >= 15 is 0 Å². The summed E-state index contributed by atoms with van der Waals surface area (Å²) in [6, 6.07) is 1.54. The standard InChI is InChI=1S/C21H34FNO/c1-2-4-17-7-9-19(10-8-17)16-24-21-13-11-18(12-14-21)5-3-6-20(22)15-23/h6,17-19,21H,2-5,7-14,16H2,1H3. The molecule has 0 spiro atoms. The van der Waals surface area contributed by atoms with E-state index in [9.17, 15) is 4.39 Å². The van der Waals surface area contributed by atoms with Crippen LogP contribution in [0.3, 0.4) is 0 Å². The number of hydrogen-bond donors (Lipinski definition) is 0. The summed E-state index contributed by atoms with van der Waals surface area (Å²) in [7, 11) is 0. The average Bonchev–Trinajstić information content (AvgIpc) is 2.62. The van der Waals surface area contributed by atoms with Crippen molar-refractivity contribution in [3.05, 3.63) is 11.9 Å². The Morgan fingerprint density at radius 3 is 2.21 bits per heavy atom. The van der Waals surface area contributed by atoms with E-state index in [-0.39, 0.29) is 0 Å². The van der Waals surface area contributed by atoms with E-state index in [0.29, 0.717) is 18.4 Å². The molecule has 0 aliphatic heterocycles. The van der Waals surface area contributed by atoms with Gasteiger partial charge in [-0.1, -0.05) is 32.6 Å². The topological polar surface area (TPSA) is 33.0 Å². The van der Waals surface area contributed by atoms with Gasteiger partial charge in [0, 0.05) is 6.61 Å². The number of hydrogen-bond acceptors (Lipinski definition) is 2. The molecule has 0 saturated heterocycles. The third-order valence-electron chi connectivity index (χ3n) is 6.03. The van der Waals surface area contributed by atoms with Crippen LogP contribution in [0.1, 0.15) is 84.0 Å². The van der Waals surface area contributed by atoms with Gasteiger partial charge in [0.1, 0.15) is 6.07 Å². The lowest BCUT2D eigenvalue weighted by Crippen LogP contribution is -2.26.